The van der Waals surface area contributed by atoms with Gasteiger partial charge in [-0.25, -0.2) is 9.97 Å². The van der Waals surface area contributed by atoms with E-state index in [0.717, 1.165) is 57.3 Å². The topological polar surface area (TPSA) is 55.8 Å². The van der Waals surface area contributed by atoms with E-state index >= 15 is 0 Å². The van der Waals surface area contributed by atoms with Gasteiger partial charge in [0, 0.05) is 77.9 Å². The molecular formula is C17H28N6O. The highest BCUT2D eigenvalue weighted by Crippen LogP contribution is 2.15. The van der Waals surface area contributed by atoms with Crippen LogP contribution in [0.5, 0.6) is 0 Å². The number of amides is 1. The number of aromatic nitrogens is 2. The molecule has 7 heteroatoms. The third kappa shape index (κ3) is 4.42. The van der Waals surface area contributed by atoms with Crippen molar-refractivity contribution in [1.29, 1.82) is 0 Å². The predicted molar refractivity (Wildman–Crippen MR) is 93.9 cm³/mol. The van der Waals surface area contributed by atoms with E-state index in [0.29, 0.717) is 6.54 Å². The SMILES string of the molecule is CN(C)C(=O)CN1CCN(Cc2cnc(N3CCCC3)nc2)CC1. The summed E-state index contributed by atoms with van der Waals surface area (Å²) in [5.74, 6) is 1.04. The Labute approximate surface area is 144 Å². The van der Waals surface area contributed by atoms with Gasteiger partial charge in [-0.1, -0.05) is 0 Å². The van der Waals surface area contributed by atoms with Gasteiger partial charge in [0.15, 0.2) is 0 Å². The quantitative estimate of drug-likeness (QED) is 0.772. The van der Waals surface area contributed by atoms with Crippen LogP contribution in [0, 0.1) is 0 Å². The Hall–Kier alpha value is -1.73. The number of hydrogen-bond donors (Lipinski definition) is 0. The zero-order valence-corrected chi connectivity index (χ0v) is 14.8. The van der Waals surface area contributed by atoms with Gasteiger partial charge in [0.1, 0.15) is 0 Å². The van der Waals surface area contributed by atoms with Crippen LogP contribution in [0.15, 0.2) is 12.4 Å². The van der Waals surface area contributed by atoms with Crippen LogP contribution >= 0.6 is 0 Å². The monoisotopic (exact) mass is 332 g/mol. The van der Waals surface area contributed by atoms with E-state index in [-0.39, 0.29) is 5.91 Å². The van der Waals surface area contributed by atoms with Gasteiger partial charge in [-0.15, -0.1) is 0 Å². The van der Waals surface area contributed by atoms with Crippen molar-refractivity contribution in [2.75, 3.05) is 64.8 Å². The van der Waals surface area contributed by atoms with Gasteiger partial charge in [-0.2, -0.15) is 0 Å². The summed E-state index contributed by atoms with van der Waals surface area (Å²) >= 11 is 0. The van der Waals surface area contributed by atoms with Crippen LogP contribution in [-0.2, 0) is 11.3 Å². The van der Waals surface area contributed by atoms with Gasteiger partial charge < -0.3 is 9.80 Å². The van der Waals surface area contributed by atoms with Gasteiger partial charge >= 0.3 is 0 Å². The molecule has 1 aromatic rings. The summed E-state index contributed by atoms with van der Waals surface area (Å²) in [5.41, 5.74) is 1.16. The molecule has 0 aromatic carbocycles. The molecule has 0 unspecified atom stereocenters. The van der Waals surface area contributed by atoms with E-state index in [1.165, 1.54) is 12.8 Å². The largest absolute Gasteiger partial charge is 0.348 e. The van der Waals surface area contributed by atoms with Crippen molar-refractivity contribution in [3.8, 4) is 0 Å². The first-order valence-corrected chi connectivity index (χ1v) is 8.82. The lowest BCUT2D eigenvalue weighted by molar-refractivity contribution is -0.130. The van der Waals surface area contributed by atoms with E-state index < -0.39 is 0 Å². The Balaban J connectivity index is 1.45. The van der Waals surface area contributed by atoms with E-state index in [1.54, 1.807) is 4.90 Å². The van der Waals surface area contributed by atoms with Crippen LogP contribution in [0.2, 0.25) is 0 Å². The van der Waals surface area contributed by atoms with Gasteiger partial charge in [-0.3, -0.25) is 14.6 Å². The van der Waals surface area contributed by atoms with Crippen molar-refractivity contribution in [1.82, 2.24) is 24.7 Å². The Kier molecular flexibility index (Phi) is 5.63. The van der Waals surface area contributed by atoms with Crippen LogP contribution in [0.25, 0.3) is 0 Å². The molecule has 1 aromatic heterocycles. The first kappa shape index (κ1) is 17.1. The van der Waals surface area contributed by atoms with E-state index in [1.807, 2.05) is 26.5 Å². The second-order valence-electron chi connectivity index (χ2n) is 6.93. The Bertz CT molecular complexity index is 533. The van der Waals surface area contributed by atoms with Gasteiger partial charge in [0.05, 0.1) is 6.54 Å². The maximum Gasteiger partial charge on any atom is 0.236 e. The number of likely N-dealkylation sites (N-methyl/N-ethyl adjacent to an activating group) is 1. The molecule has 2 aliphatic rings. The number of carbonyl (C=O) groups excluding carboxylic acids is 1. The number of rotatable bonds is 5. The summed E-state index contributed by atoms with van der Waals surface area (Å²) in [4.78, 5) is 29.4. The summed E-state index contributed by atoms with van der Waals surface area (Å²) < 4.78 is 0. The number of piperazine rings is 1. The molecule has 0 radical (unpaired) electrons. The zero-order chi connectivity index (χ0) is 16.9. The molecule has 1 amide bonds. The molecule has 0 aliphatic carbocycles. The molecule has 7 nitrogen and oxygen atoms in total. The number of hydrogen-bond acceptors (Lipinski definition) is 6. The van der Waals surface area contributed by atoms with E-state index in [4.69, 9.17) is 0 Å². The van der Waals surface area contributed by atoms with Crippen LogP contribution in [0.3, 0.4) is 0 Å². The lowest BCUT2D eigenvalue weighted by atomic mass is 10.2. The molecule has 0 atom stereocenters. The summed E-state index contributed by atoms with van der Waals surface area (Å²) in [7, 11) is 3.62. The lowest BCUT2D eigenvalue weighted by Gasteiger charge is -2.34. The van der Waals surface area contributed by atoms with Gasteiger partial charge in [0.2, 0.25) is 11.9 Å². The summed E-state index contributed by atoms with van der Waals surface area (Å²) in [6.07, 6.45) is 6.41. The third-order valence-corrected chi connectivity index (χ3v) is 4.81. The molecular weight excluding hydrogens is 304 g/mol. The number of anilines is 1. The standard InChI is InChI=1S/C17H28N6O/c1-20(2)16(24)14-22-9-7-21(8-10-22)13-15-11-18-17(19-12-15)23-5-3-4-6-23/h11-12H,3-10,13-14H2,1-2H3. The molecule has 0 saturated carbocycles. The number of carbonyl (C=O) groups is 1. The van der Waals surface area contributed by atoms with Crippen LogP contribution in [0.1, 0.15) is 18.4 Å². The molecule has 132 valence electrons. The van der Waals surface area contributed by atoms with Crippen LogP contribution < -0.4 is 4.90 Å². The minimum atomic E-state index is 0.175. The molecule has 0 N–H and O–H groups in total. The summed E-state index contributed by atoms with van der Waals surface area (Å²) in [5, 5.41) is 0. The van der Waals surface area contributed by atoms with Crippen molar-refractivity contribution < 1.29 is 4.79 Å². The smallest absolute Gasteiger partial charge is 0.236 e. The first-order valence-electron chi connectivity index (χ1n) is 8.82. The normalized spacial score (nSPS) is 19.7. The predicted octanol–water partition coefficient (Wildman–Crippen LogP) is 0.283. The average Bonchev–Trinajstić information content (AvgIpc) is 3.12. The maximum atomic E-state index is 11.8. The van der Waals surface area contributed by atoms with Crippen molar-refractivity contribution >= 4 is 11.9 Å². The van der Waals surface area contributed by atoms with Crippen molar-refractivity contribution in [2.24, 2.45) is 0 Å². The fraction of sp³-hybridized carbons (Fsp3) is 0.706. The zero-order valence-electron chi connectivity index (χ0n) is 14.8. The molecule has 2 aliphatic heterocycles. The molecule has 2 fully saturated rings. The highest BCUT2D eigenvalue weighted by Gasteiger charge is 2.20. The van der Waals surface area contributed by atoms with Crippen molar-refractivity contribution in [3.63, 3.8) is 0 Å². The maximum absolute atomic E-state index is 11.8. The third-order valence-electron chi connectivity index (χ3n) is 4.81. The van der Waals surface area contributed by atoms with Gasteiger partial charge in [0.25, 0.3) is 0 Å². The molecule has 24 heavy (non-hydrogen) atoms. The van der Waals surface area contributed by atoms with Gasteiger partial charge in [-0.05, 0) is 12.8 Å². The average molecular weight is 332 g/mol. The fourth-order valence-corrected chi connectivity index (χ4v) is 3.21. The van der Waals surface area contributed by atoms with Crippen molar-refractivity contribution in [2.45, 2.75) is 19.4 Å². The molecule has 3 rings (SSSR count). The lowest BCUT2D eigenvalue weighted by Crippen LogP contribution is -2.48. The Morgan fingerprint density at radius 1 is 1.00 bits per heavy atom. The number of nitrogens with zero attached hydrogens (tertiary/aromatic N) is 6. The van der Waals surface area contributed by atoms with E-state index in [9.17, 15) is 4.79 Å². The molecule has 2 saturated heterocycles. The Morgan fingerprint density at radius 2 is 1.58 bits per heavy atom. The molecule has 0 bridgehead atoms. The fourth-order valence-electron chi connectivity index (χ4n) is 3.21. The first-order chi connectivity index (χ1) is 11.6. The summed E-state index contributed by atoms with van der Waals surface area (Å²) in [6, 6.07) is 0. The van der Waals surface area contributed by atoms with Crippen LogP contribution in [0.4, 0.5) is 5.95 Å². The minimum absolute atomic E-state index is 0.175. The van der Waals surface area contributed by atoms with Crippen LogP contribution in [-0.4, -0.2) is 90.5 Å². The second-order valence-corrected chi connectivity index (χ2v) is 6.93. The molecule has 0 spiro atoms. The van der Waals surface area contributed by atoms with Crippen molar-refractivity contribution in [3.05, 3.63) is 18.0 Å². The Morgan fingerprint density at radius 3 is 2.17 bits per heavy atom. The molecule has 3 heterocycles. The van der Waals surface area contributed by atoms with E-state index in [2.05, 4.69) is 24.7 Å². The highest BCUT2D eigenvalue weighted by molar-refractivity contribution is 5.77. The highest BCUT2D eigenvalue weighted by atomic mass is 16.2. The second kappa shape index (κ2) is 7.90. The summed E-state index contributed by atoms with van der Waals surface area (Å²) in [6.45, 7) is 7.39. The minimum Gasteiger partial charge on any atom is -0.348 e.